The van der Waals surface area contributed by atoms with Gasteiger partial charge >= 0.3 is 0 Å². The first-order valence-electron chi connectivity index (χ1n) is 7.95. The van der Waals surface area contributed by atoms with E-state index in [1.54, 1.807) is 38.3 Å². The highest BCUT2D eigenvalue weighted by Crippen LogP contribution is 2.16. The summed E-state index contributed by atoms with van der Waals surface area (Å²) in [4.78, 5) is 31.1. The quantitative estimate of drug-likeness (QED) is 0.664. The van der Waals surface area contributed by atoms with E-state index in [0.717, 1.165) is 15.8 Å². The number of hydrogen-bond donors (Lipinski definition) is 2. The van der Waals surface area contributed by atoms with Gasteiger partial charge in [-0.25, -0.2) is 17.4 Å². The second-order valence-corrected chi connectivity index (χ2v) is 7.83. The van der Waals surface area contributed by atoms with Crippen molar-refractivity contribution in [1.29, 1.82) is 0 Å². The molecule has 27 heavy (non-hydrogen) atoms. The number of aryl methyl sites for hydroxylation is 1. The van der Waals surface area contributed by atoms with E-state index in [1.807, 2.05) is 0 Å². The van der Waals surface area contributed by atoms with Crippen molar-refractivity contribution in [3.8, 4) is 5.75 Å². The molecule has 0 spiro atoms. The normalized spacial score (nSPS) is 11.5. The predicted molar refractivity (Wildman–Crippen MR) is 99.5 cm³/mol. The van der Waals surface area contributed by atoms with Crippen molar-refractivity contribution >= 4 is 27.0 Å². The molecule has 2 aromatic heterocycles. The third-order valence-electron chi connectivity index (χ3n) is 3.94. The van der Waals surface area contributed by atoms with Crippen LogP contribution in [0.25, 0.3) is 11.0 Å². The highest BCUT2D eigenvalue weighted by molar-refractivity contribution is 7.89. The lowest BCUT2D eigenvalue weighted by Gasteiger charge is -2.08. The SMILES string of the molecule is COc1cccc(CNC(=O)c2nc3c(cc(C)n3S(C)(=O)=O)c(=O)[nH]2)c1. The van der Waals surface area contributed by atoms with E-state index in [9.17, 15) is 18.0 Å². The molecule has 0 aliphatic carbocycles. The van der Waals surface area contributed by atoms with E-state index in [1.165, 1.54) is 6.07 Å². The number of hydrogen-bond acceptors (Lipinski definition) is 6. The Kier molecular flexibility index (Phi) is 4.75. The van der Waals surface area contributed by atoms with Gasteiger partial charge in [0.15, 0.2) is 5.65 Å². The summed E-state index contributed by atoms with van der Waals surface area (Å²) >= 11 is 0. The van der Waals surface area contributed by atoms with Crippen molar-refractivity contribution in [1.82, 2.24) is 19.3 Å². The van der Waals surface area contributed by atoms with Crippen molar-refractivity contribution in [2.24, 2.45) is 0 Å². The molecule has 3 rings (SSSR count). The highest BCUT2D eigenvalue weighted by Gasteiger charge is 2.20. The Morgan fingerprint density at radius 2 is 2.07 bits per heavy atom. The first kappa shape index (κ1) is 18.6. The number of fused-ring (bicyclic) bond motifs is 1. The number of nitrogens with one attached hydrogen (secondary N) is 2. The largest absolute Gasteiger partial charge is 0.497 e. The number of aromatic amines is 1. The minimum absolute atomic E-state index is 0.0784. The smallest absolute Gasteiger partial charge is 0.287 e. The summed E-state index contributed by atoms with van der Waals surface area (Å²) in [5.41, 5.74) is 0.461. The number of H-pyrrole nitrogens is 1. The molecule has 0 aliphatic heterocycles. The number of amides is 1. The summed E-state index contributed by atoms with van der Waals surface area (Å²) in [6, 6.07) is 8.55. The summed E-state index contributed by atoms with van der Waals surface area (Å²) in [5.74, 6) is -0.245. The van der Waals surface area contributed by atoms with Crippen molar-refractivity contribution in [2.45, 2.75) is 13.5 Å². The summed E-state index contributed by atoms with van der Waals surface area (Å²) in [6.45, 7) is 1.73. The fourth-order valence-corrected chi connectivity index (χ4v) is 3.79. The van der Waals surface area contributed by atoms with Crippen LogP contribution in [0.5, 0.6) is 5.75 Å². The number of rotatable bonds is 5. The van der Waals surface area contributed by atoms with E-state index < -0.39 is 21.5 Å². The van der Waals surface area contributed by atoms with Gasteiger partial charge in [-0.15, -0.1) is 0 Å². The molecule has 0 bridgehead atoms. The van der Waals surface area contributed by atoms with E-state index in [-0.39, 0.29) is 23.4 Å². The number of nitrogens with zero attached hydrogens (tertiary/aromatic N) is 2. The Hall–Kier alpha value is -3.14. The van der Waals surface area contributed by atoms with Gasteiger partial charge in [-0.05, 0) is 30.7 Å². The maximum Gasteiger partial charge on any atom is 0.287 e. The van der Waals surface area contributed by atoms with Crippen LogP contribution in [0, 0.1) is 6.92 Å². The summed E-state index contributed by atoms with van der Waals surface area (Å²) < 4.78 is 30.0. The Bertz CT molecular complexity index is 1190. The molecule has 1 aromatic carbocycles. The van der Waals surface area contributed by atoms with E-state index in [4.69, 9.17) is 4.74 Å². The molecule has 142 valence electrons. The molecule has 0 radical (unpaired) electrons. The van der Waals surface area contributed by atoms with Gasteiger partial charge in [0.25, 0.3) is 11.5 Å². The zero-order chi connectivity index (χ0) is 19.8. The average Bonchev–Trinajstić information content (AvgIpc) is 2.96. The zero-order valence-electron chi connectivity index (χ0n) is 14.9. The van der Waals surface area contributed by atoms with Crippen LogP contribution in [-0.2, 0) is 16.6 Å². The van der Waals surface area contributed by atoms with Gasteiger partial charge in [0.2, 0.25) is 15.8 Å². The zero-order valence-corrected chi connectivity index (χ0v) is 15.8. The van der Waals surface area contributed by atoms with Gasteiger partial charge in [0, 0.05) is 12.2 Å². The molecule has 3 aromatic rings. The average molecular weight is 390 g/mol. The van der Waals surface area contributed by atoms with Gasteiger partial charge in [-0.2, -0.15) is 0 Å². The topological polar surface area (TPSA) is 123 Å². The van der Waals surface area contributed by atoms with Crippen LogP contribution in [0.3, 0.4) is 0 Å². The third kappa shape index (κ3) is 3.70. The van der Waals surface area contributed by atoms with E-state index in [0.29, 0.717) is 11.4 Å². The molecule has 10 heteroatoms. The lowest BCUT2D eigenvalue weighted by molar-refractivity contribution is 0.0940. The standard InChI is InChI=1S/C17H18N4O5S/c1-10-7-13-15(21(10)27(3,24)25)19-14(20-16(13)22)17(23)18-9-11-5-4-6-12(8-11)26-2/h4-8H,9H2,1-3H3,(H,18,23)(H,19,20,22). The minimum Gasteiger partial charge on any atom is -0.497 e. The van der Waals surface area contributed by atoms with Crippen LogP contribution in [-0.4, -0.2) is 41.6 Å². The maximum atomic E-state index is 12.4. The summed E-state index contributed by atoms with van der Waals surface area (Å²) in [6.07, 6.45) is 1.00. The number of carbonyl (C=O) groups is 1. The Morgan fingerprint density at radius 3 is 2.74 bits per heavy atom. The van der Waals surface area contributed by atoms with Crippen molar-refractivity contribution in [3.05, 3.63) is 57.8 Å². The van der Waals surface area contributed by atoms with Crippen LogP contribution < -0.4 is 15.6 Å². The Labute approximate surface area is 155 Å². The maximum absolute atomic E-state index is 12.4. The predicted octanol–water partition coefficient (Wildman–Crippen LogP) is 0.779. The number of methoxy groups -OCH3 is 1. The Morgan fingerprint density at radius 1 is 1.33 bits per heavy atom. The molecule has 1 amide bonds. The first-order chi connectivity index (χ1) is 12.7. The molecule has 2 N–H and O–H groups in total. The fourth-order valence-electron chi connectivity index (χ4n) is 2.76. The van der Waals surface area contributed by atoms with Crippen LogP contribution >= 0.6 is 0 Å². The molecule has 0 aliphatic rings. The molecule has 9 nitrogen and oxygen atoms in total. The number of ether oxygens (including phenoxy) is 1. The summed E-state index contributed by atoms with van der Waals surface area (Å²) in [5, 5.41) is 2.74. The fraction of sp³-hybridized carbons (Fsp3) is 0.235. The van der Waals surface area contributed by atoms with Crippen molar-refractivity contribution < 1.29 is 17.9 Å². The van der Waals surface area contributed by atoms with Gasteiger partial charge < -0.3 is 15.0 Å². The monoisotopic (exact) mass is 390 g/mol. The molecule has 0 atom stereocenters. The van der Waals surface area contributed by atoms with Crippen LogP contribution in [0.2, 0.25) is 0 Å². The first-order valence-corrected chi connectivity index (χ1v) is 9.79. The lowest BCUT2D eigenvalue weighted by atomic mass is 10.2. The second-order valence-electron chi connectivity index (χ2n) is 6.00. The molecule has 0 saturated heterocycles. The second kappa shape index (κ2) is 6.88. The van der Waals surface area contributed by atoms with Crippen LogP contribution in [0.4, 0.5) is 0 Å². The van der Waals surface area contributed by atoms with Crippen molar-refractivity contribution in [3.63, 3.8) is 0 Å². The van der Waals surface area contributed by atoms with Crippen LogP contribution in [0.15, 0.2) is 35.1 Å². The molecule has 0 unspecified atom stereocenters. The number of carbonyl (C=O) groups excluding carboxylic acids is 1. The van der Waals surface area contributed by atoms with Gasteiger partial charge in [-0.3, -0.25) is 9.59 Å². The van der Waals surface area contributed by atoms with Gasteiger partial charge in [0.05, 0.1) is 18.8 Å². The molecular formula is C17H18N4O5S. The van der Waals surface area contributed by atoms with E-state index >= 15 is 0 Å². The van der Waals surface area contributed by atoms with E-state index in [2.05, 4.69) is 15.3 Å². The number of aromatic nitrogens is 3. The number of benzene rings is 1. The van der Waals surface area contributed by atoms with Gasteiger partial charge in [0.1, 0.15) is 5.75 Å². The molecular weight excluding hydrogens is 372 g/mol. The lowest BCUT2D eigenvalue weighted by Crippen LogP contribution is -2.28. The van der Waals surface area contributed by atoms with Crippen molar-refractivity contribution in [2.75, 3.05) is 13.4 Å². The van der Waals surface area contributed by atoms with Crippen LogP contribution in [0.1, 0.15) is 21.9 Å². The minimum atomic E-state index is -3.68. The molecule has 0 fully saturated rings. The van der Waals surface area contributed by atoms with Gasteiger partial charge in [-0.1, -0.05) is 12.1 Å². The molecule has 2 heterocycles. The third-order valence-corrected chi connectivity index (χ3v) is 5.06. The molecule has 0 saturated carbocycles. The highest BCUT2D eigenvalue weighted by atomic mass is 32.2. The Balaban J connectivity index is 1.94. The summed E-state index contributed by atoms with van der Waals surface area (Å²) in [7, 11) is -2.14.